The highest BCUT2D eigenvalue weighted by Crippen LogP contribution is 2.37. The minimum absolute atomic E-state index is 0.0691. The van der Waals surface area contributed by atoms with Crippen LogP contribution in [0.2, 0.25) is 0 Å². The second-order valence-electron chi connectivity index (χ2n) is 6.90. The molecule has 10 nitrogen and oxygen atoms in total. The molecular weight excluding hydrogens is 450 g/mol. The number of fused-ring (bicyclic) bond motifs is 2. The van der Waals surface area contributed by atoms with E-state index >= 15 is 0 Å². The van der Waals surface area contributed by atoms with E-state index in [1.807, 2.05) is 6.07 Å². The molecular formula is C22H19N3O7S. The number of esters is 1. The van der Waals surface area contributed by atoms with Crippen LogP contribution in [0.4, 0.5) is 5.69 Å². The summed E-state index contributed by atoms with van der Waals surface area (Å²) in [7, 11) is 0. The topological polar surface area (TPSA) is 122 Å². The Kier molecular flexibility index (Phi) is 6.50. The number of carbonyl (C=O) groups is 2. The van der Waals surface area contributed by atoms with E-state index in [9.17, 15) is 19.7 Å². The molecule has 0 radical (unpaired) electrons. The number of hydrogen-bond donors (Lipinski definition) is 0. The van der Waals surface area contributed by atoms with E-state index in [0.717, 1.165) is 10.2 Å². The van der Waals surface area contributed by atoms with E-state index in [2.05, 4.69) is 4.99 Å². The molecule has 11 heteroatoms. The van der Waals surface area contributed by atoms with E-state index in [0.29, 0.717) is 21.9 Å². The summed E-state index contributed by atoms with van der Waals surface area (Å²) in [4.78, 5) is 39.4. The molecule has 0 aliphatic carbocycles. The number of non-ortho nitro benzene ring substituents is 1. The van der Waals surface area contributed by atoms with Crippen LogP contribution in [0.15, 0.2) is 47.5 Å². The molecule has 0 saturated carbocycles. The van der Waals surface area contributed by atoms with Gasteiger partial charge in [-0.1, -0.05) is 23.5 Å². The van der Waals surface area contributed by atoms with Crippen LogP contribution in [0, 0.1) is 10.1 Å². The molecule has 2 heterocycles. The number of ether oxygens (including phenoxy) is 3. The Morgan fingerprint density at radius 3 is 2.82 bits per heavy atom. The van der Waals surface area contributed by atoms with Crippen LogP contribution in [0.1, 0.15) is 18.9 Å². The highest BCUT2D eigenvalue weighted by atomic mass is 32.1. The van der Waals surface area contributed by atoms with Crippen molar-refractivity contribution in [2.75, 3.05) is 13.4 Å². The Balaban J connectivity index is 1.66. The lowest BCUT2D eigenvalue weighted by Crippen LogP contribution is -2.19. The number of carbonyl (C=O) groups excluding carboxylic acids is 2. The maximum atomic E-state index is 12.5. The van der Waals surface area contributed by atoms with Gasteiger partial charge in [0.25, 0.3) is 11.6 Å². The zero-order valence-corrected chi connectivity index (χ0v) is 18.4. The molecule has 3 aromatic rings. The van der Waals surface area contributed by atoms with E-state index in [-0.39, 0.29) is 38.0 Å². The second-order valence-corrected chi connectivity index (χ2v) is 7.91. The summed E-state index contributed by atoms with van der Waals surface area (Å²) >= 11 is 1.28. The lowest BCUT2D eigenvalue weighted by Gasteiger charge is -2.06. The lowest BCUT2D eigenvalue weighted by molar-refractivity contribution is -0.384. The Hall–Kier alpha value is -3.99. The van der Waals surface area contributed by atoms with Gasteiger partial charge in [0.05, 0.1) is 28.2 Å². The molecule has 0 fully saturated rings. The quantitative estimate of drug-likeness (QED) is 0.225. The third kappa shape index (κ3) is 5.09. The first-order valence-electron chi connectivity index (χ1n) is 10.0. The maximum absolute atomic E-state index is 12.5. The fourth-order valence-corrected chi connectivity index (χ4v) is 4.31. The molecule has 1 amide bonds. The standard InChI is InChI=1S/C22H19N3O7S/c1-2-30-21(27)8-9-24-16-11-17-18(32-13-31-17)12-19(16)33-22(24)23-20(26)7-6-14-4-3-5-15(10-14)25(28)29/h3-7,10-12H,2,8-9,13H2,1H3/b7-6+,23-22?. The molecule has 0 saturated heterocycles. The van der Waals surface area contributed by atoms with Crippen LogP contribution in [0.25, 0.3) is 16.3 Å². The van der Waals surface area contributed by atoms with Crippen LogP contribution >= 0.6 is 11.3 Å². The number of amides is 1. The number of aryl methyl sites for hydroxylation is 1. The average Bonchev–Trinajstić information content (AvgIpc) is 3.38. The van der Waals surface area contributed by atoms with Crippen molar-refractivity contribution in [3.05, 3.63) is 63.0 Å². The van der Waals surface area contributed by atoms with Crippen LogP contribution in [0.3, 0.4) is 0 Å². The number of nitro groups is 1. The van der Waals surface area contributed by atoms with Crippen LogP contribution in [-0.2, 0) is 20.9 Å². The molecule has 2 aromatic carbocycles. The van der Waals surface area contributed by atoms with Crippen molar-refractivity contribution in [2.24, 2.45) is 4.99 Å². The number of thiazole rings is 1. The smallest absolute Gasteiger partial charge is 0.307 e. The molecule has 1 aromatic heterocycles. The number of nitro benzene ring substituents is 1. The van der Waals surface area contributed by atoms with Crippen LogP contribution in [-0.4, -0.2) is 34.8 Å². The Bertz CT molecular complexity index is 1340. The van der Waals surface area contributed by atoms with Gasteiger partial charge in [0.1, 0.15) is 0 Å². The van der Waals surface area contributed by atoms with Gasteiger partial charge in [-0.05, 0) is 18.6 Å². The van der Waals surface area contributed by atoms with Gasteiger partial charge in [0.15, 0.2) is 16.3 Å². The number of benzene rings is 2. The molecule has 1 aliphatic heterocycles. The Morgan fingerprint density at radius 1 is 1.27 bits per heavy atom. The summed E-state index contributed by atoms with van der Waals surface area (Å²) in [6.45, 7) is 2.41. The van der Waals surface area contributed by atoms with Gasteiger partial charge < -0.3 is 18.8 Å². The van der Waals surface area contributed by atoms with Crippen molar-refractivity contribution < 1.29 is 28.7 Å². The fraction of sp³-hybridized carbons (Fsp3) is 0.227. The fourth-order valence-electron chi connectivity index (χ4n) is 3.24. The highest BCUT2D eigenvalue weighted by Gasteiger charge is 2.18. The molecule has 0 atom stereocenters. The highest BCUT2D eigenvalue weighted by molar-refractivity contribution is 7.16. The van der Waals surface area contributed by atoms with Gasteiger partial charge in [-0.15, -0.1) is 0 Å². The normalized spacial score (nSPS) is 13.1. The van der Waals surface area contributed by atoms with Crippen LogP contribution in [0.5, 0.6) is 11.5 Å². The molecule has 0 unspecified atom stereocenters. The minimum atomic E-state index is -0.544. The van der Waals surface area contributed by atoms with E-state index in [1.165, 1.54) is 41.7 Å². The third-order valence-corrected chi connectivity index (χ3v) is 5.77. The van der Waals surface area contributed by atoms with Gasteiger partial charge in [0.2, 0.25) is 6.79 Å². The first-order valence-corrected chi connectivity index (χ1v) is 10.9. The molecule has 0 N–H and O–H groups in total. The van der Waals surface area contributed by atoms with Gasteiger partial charge >= 0.3 is 5.97 Å². The van der Waals surface area contributed by atoms with Crippen LogP contribution < -0.4 is 14.3 Å². The first kappa shape index (κ1) is 22.2. The molecule has 33 heavy (non-hydrogen) atoms. The predicted octanol–water partition coefficient (Wildman–Crippen LogP) is 3.43. The molecule has 0 spiro atoms. The zero-order valence-electron chi connectivity index (χ0n) is 17.6. The summed E-state index contributed by atoms with van der Waals surface area (Å²) < 4.78 is 18.5. The minimum Gasteiger partial charge on any atom is -0.466 e. The zero-order chi connectivity index (χ0) is 23.4. The summed E-state index contributed by atoms with van der Waals surface area (Å²) in [6, 6.07) is 9.53. The summed E-state index contributed by atoms with van der Waals surface area (Å²) in [6.07, 6.45) is 2.82. The monoisotopic (exact) mass is 469 g/mol. The number of aromatic nitrogens is 1. The van der Waals surface area contributed by atoms with Crippen molar-refractivity contribution in [3.8, 4) is 11.5 Å². The molecule has 170 valence electrons. The molecule has 4 rings (SSSR count). The van der Waals surface area contributed by atoms with Crippen molar-refractivity contribution in [2.45, 2.75) is 19.9 Å². The third-order valence-electron chi connectivity index (χ3n) is 4.73. The van der Waals surface area contributed by atoms with Gasteiger partial charge in [-0.3, -0.25) is 19.7 Å². The van der Waals surface area contributed by atoms with E-state index < -0.39 is 10.8 Å². The van der Waals surface area contributed by atoms with Gasteiger partial charge in [0, 0.05) is 36.9 Å². The largest absolute Gasteiger partial charge is 0.466 e. The van der Waals surface area contributed by atoms with E-state index in [4.69, 9.17) is 14.2 Å². The van der Waals surface area contributed by atoms with Crippen molar-refractivity contribution in [1.82, 2.24) is 4.57 Å². The molecule has 0 bridgehead atoms. The second kappa shape index (κ2) is 9.65. The first-order chi connectivity index (χ1) is 15.9. The Labute approximate surface area is 191 Å². The summed E-state index contributed by atoms with van der Waals surface area (Å²) in [5, 5.41) is 10.9. The van der Waals surface area contributed by atoms with Crippen molar-refractivity contribution in [3.63, 3.8) is 0 Å². The predicted molar refractivity (Wildman–Crippen MR) is 120 cm³/mol. The Morgan fingerprint density at radius 2 is 2.06 bits per heavy atom. The lowest BCUT2D eigenvalue weighted by atomic mass is 10.2. The average molecular weight is 469 g/mol. The number of hydrogen-bond acceptors (Lipinski definition) is 8. The number of nitrogens with zero attached hydrogens (tertiary/aromatic N) is 3. The van der Waals surface area contributed by atoms with E-state index in [1.54, 1.807) is 23.6 Å². The van der Waals surface area contributed by atoms with Gasteiger partial charge in [-0.25, -0.2) is 0 Å². The SMILES string of the molecule is CCOC(=O)CCn1c(=NC(=O)/C=C/c2cccc([N+](=O)[O-])c2)sc2cc3c(cc21)OCO3. The summed E-state index contributed by atoms with van der Waals surface area (Å²) in [5.74, 6) is 0.282. The van der Waals surface area contributed by atoms with Crippen molar-refractivity contribution in [1.29, 1.82) is 0 Å². The molecule has 1 aliphatic rings. The number of rotatable bonds is 7. The summed E-state index contributed by atoms with van der Waals surface area (Å²) in [5.41, 5.74) is 1.19. The van der Waals surface area contributed by atoms with Crippen molar-refractivity contribution >= 4 is 45.2 Å². The maximum Gasteiger partial charge on any atom is 0.307 e. The van der Waals surface area contributed by atoms with Gasteiger partial charge in [-0.2, -0.15) is 4.99 Å².